The predicted molar refractivity (Wildman–Crippen MR) is 143 cm³/mol. The quantitative estimate of drug-likeness (QED) is 0.130. The first kappa shape index (κ1) is 23.4. The second-order valence-electron chi connectivity index (χ2n) is 6.83. The third-order valence-electron chi connectivity index (χ3n) is 4.85. The molecule has 0 saturated heterocycles. The summed E-state index contributed by atoms with van der Waals surface area (Å²) in [7, 11) is 1.70. The number of thioether (sulfide) groups is 1. The zero-order valence-corrected chi connectivity index (χ0v) is 22.1. The number of nitrogens with zero attached hydrogens (tertiary/aromatic N) is 3. The largest absolute Gasteiger partial charge is 0.384 e. The van der Waals surface area contributed by atoms with Gasteiger partial charge in [0.2, 0.25) is 0 Å². The number of amidine groups is 1. The van der Waals surface area contributed by atoms with Gasteiger partial charge in [-0.25, -0.2) is 9.97 Å². The molecular formula is C22H23I2N5S. The topological polar surface area (TPSA) is 90.2 Å². The highest BCUT2D eigenvalue weighted by atomic mass is 127. The highest BCUT2D eigenvalue weighted by Gasteiger charge is 2.19. The van der Waals surface area contributed by atoms with E-state index in [4.69, 9.17) is 16.5 Å². The maximum absolute atomic E-state index is 6.71. The molecule has 0 unspecified atom stereocenters. The zero-order chi connectivity index (χ0) is 21.8. The molecule has 2 aromatic carbocycles. The van der Waals surface area contributed by atoms with Crippen molar-refractivity contribution in [1.82, 2.24) is 9.97 Å². The van der Waals surface area contributed by atoms with Crippen molar-refractivity contribution in [3.05, 3.63) is 72.1 Å². The summed E-state index contributed by atoms with van der Waals surface area (Å²) >= 11 is 6.19. The minimum absolute atomic E-state index is 0.261. The van der Waals surface area contributed by atoms with E-state index >= 15 is 0 Å². The molecule has 8 heteroatoms. The molecule has 0 aliphatic rings. The van der Waals surface area contributed by atoms with E-state index in [2.05, 4.69) is 79.4 Å². The summed E-state index contributed by atoms with van der Waals surface area (Å²) in [4.78, 5) is 13.5. The maximum atomic E-state index is 6.71. The lowest BCUT2D eigenvalue weighted by molar-refractivity contribution is 0.680. The van der Waals surface area contributed by atoms with E-state index < -0.39 is 0 Å². The Morgan fingerprint density at radius 1 is 1.17 bits per heavy atom. The van der Waals surface area contributed by atoms with Gasteiger partial charge in [-0.2, -0.15) is 0 Å². The molecule has 0 saturated carbocycles. The van der Waals surface area contributed by atoms with E-state index in [1.165, 1.54) is 24.5 Å². The van der Waals surface area contributed by atoms with Crippen LogP contribution in [0, 0.1) is 14.1 Å². The number of aromatic nitrogens is 2. The molecule has 4 N–H and O–H groups in total. The number of hydrogen-bond acceptors (Lipinski definition) is 5. The standard InChI is InChI=1S/C22H23I2N5S/c1-12-16(5-4-6-17(12)21(26)27-2)18-11-28-22(30-3)29-20(18)19(25)9-13-7-14(23)10-15(24)8-13/h4-8,10-11,19H,9,25H2,1-3H3,(H2,26,27)/t19-/m0/s1. The molecular weight excluding hydrogens is 620 g/mol. The van der Waals surface area contributed by atoms with Crippen LogP contribution in [0.5, 0.6) is 0 Å². The van der Waals surface area contributed by atoms with Gasteiger partial charge in [0.25, 0.3) is 0 Å². The Kier molecular flexibility index (Phi) is 8.11. The van der Waals surface area contributed by atoms with Crippen LogP contribution in [-0.2, 0) is 6.42 Å². The van der Waals surface area contributed by atoms with Gasteiger partial charge in [0.15, 0.2) is 5.16 Å². The van der Waals surface area contributed by atoms with Crippen LogP contribution in [0.15, 0.2) is 52.7 Å². The number of hydrogen-bond donors (Lipinski definition) is 2. The van der Waals surface area contributed by atoms with E-state index in [0.29, 0.717) is 17.4 Å². The number of benzene rings is 2. The van der Waals surface area contributed by atoms with Crippen LogP contribution in [0.2, 0.25) is 0 Å². The normalized spacial score (nSPS) is 12.8. The van der Waals surface area contributed by atoms with Gasteiger partial charge in [-0.3, -0.25) is 4.99 Å². The Hall–Kier alpha value is -1.24. The van der Waals surface area contributed by atoms with Crippen molar-refractivity contribution < 1.29 is 0 Å². The third-order valence-corrected chi connectivity index (χ3v) is 6.66. The summed E-state index contributed by atoms with van der Waals surface area (Å²) in [5.74, 6) is 0.510. The molecule has 0 spiro atoms. The van der Waals surface area contributed by atoms with Crippen molar-refractivity contribution >= 4 is 62.8 Å². The van der Waals surface area contributed by atoms with Crippen molar-refractivity contribution in [2.75, 3.05) is 13.3 Å². The summed E-state index contributed by atoms with van der Waals surface area (Å²) in [6.45, 7) is 2.04. The Balaban J connectivity index is 2.09. The van der Waals surface area contributed by atoms with Gasteiger partial charge in [-0.1, -0.05) is 30.0 Å². The lowest BCUT2D eigenvalue weighted by atomic mass is 9.92. The minimum Gasteiger partial charge on any atom is -0.384 e. The van der Waals surface area contributed by atoms with Crippen LogP contribution >= 0.6 is 56.9 Å². The summed E-state index contributed by atoms with van der Waals surface area (Å²) in [5.41, 5.74) is 18.8. The summed E-state index contributed by atoms with van der Waals surface area (Å²) in [6.07, 6.45) is 4.54. The third kappa shape index (κ3) is 5.32. The highest BCUT2D eigenvalue weighted by Crippen LogP contribution is 2.32. The first-order chi connectivity index (χ1) is 14.3. The van der Waals surface area contributed by atoms with Crippen molar-refractivity contribution in [3.8, 4) is 11.1 Å². The van der Waals surface area contributed by atoms with Crippen LogP contribution in [-0.4, -0.2) is 29.1 Å². The molecule has 5 nitrogen and oxygen atoms in total. The van der Waals surface area contributed by atoms with E-state index in [-0.39, 0.29) is 6.04 Å². The average Bonchev–Trinajstić information content (AvgIpc) is 2.72. The van der Waals surface area contributed by atoms with Crippen LogP contribution in [0.1, 0.15) is 28.4 Å². The molecule has 1 heterocycles. The van der Waals surface area contributed by atoms with Gasteiger partial charge in [0, 0.05) is 31.5 Å². The second-order valence-corrected chi connectivity index (χ2v) is 10.1. The molecule has 0 aliphatic heterocycles. The van der Waals surface area contributed by atoms with Crippen molar-refractivity contribution in [3.63, 3.8) is 0 Å². The van der Waals surface area contributed by atoms with Crippen LogP contribution < -0.4 is 11.5 Å². The Morgan fingerprint density at radius 3 is 2.50 bits per heavy atom. The lowest BCUT2D eigenvalue weighted by Crippen LogP contribution is -2.18. The predicted octanol–water partition coefficient (Wildman–Crippen LogP) is 4.96. The van der Waals surface area contributed by atoms with E-state index in [1.807, 2.05) is 31.5 Å². The summed E-state index contributed by atoms with van der Waals surface area (Å²) < 4.78 is 2.40. The summed E-state index contributed by atoms with van der Waals surface area (Å²) in [5, 5.41) is 0.713. The van der Waals surface area contributed by atoms with Crippen LogP contribution in [0.25, 0.3) is 11.1 Å². The van der Waals surface area contributed by atoms with Crippen molar-refractivity contribution in [1.29, 1.82) is 0 Å². The van der Waals surface area contributed by atoms with Gasteiger partial charge in [-0.05, 0) is 99.7 Å². The van der Waals surface area contributed by atoms with Gasteiger partial charge >= 0.3 is 0 Å². The zero-order valence-electron chi connectivity index (χ0n) is 17.0. The van der Waals surface area contributed by atoms with Crippen molar-refractivity contribution in [2.45, 2.75) is 24.5 Å². The molecule has 156 valence electrons. The smallest absolute Gasteiger partial charge is 0.187 e. The Morgan fingerprint density at radius 2 is 1.87 bits per heavy atom. The highest BCUT2D eigenvalue weighted by molar-refractivity contribution is 14.1. The number of aliphatic imine (C=N–C) groups is 1. The molecule has 0 bridgehead atoms. The fraction of sp³-hybridized carbons (Fsp3) is 0.227. The van der Waals surface area contributed by atoms with Crippen molar-refractivity contribution in [2.24, 2.45) is 16.5 Å². The van der Waals surface area contributed by atoms with E-state index in [0.717, 1.165) is 27.9 Å². The SMILES string of the molecule is CN=C(N)c1cccc(-c2cnc(SC)nc2[C@@H](N)Cc2cc(I)cc(I)c2)c1C. The number of nitrogens with two attached hydrogens (primary N) is 2. The van der Waals surface area contributed by atoms with E-state index in [9.17, 15) is 0 Å². The number of halogens is 2. The molecule has 0 radical (unpaired) electrons. The number of rotatable bonds is 6. The summed E-state index contributed by atoms with van der Waals surface area (Å²) in [6, 6.07) is 12.2. The average molecular weight is 643 g/mol. The fourth-order valence-corrected chi connectivity index (χ4v) is 5.79. The Bertz CT molecular complexity index is 1080. The van der Waals surface area contributed by atoms with Gasteiger partial charge < -0.3 is 11.5 Å². The first-order valence-corrected chi connectivity index (χ1v) is 12.7. The molecule has 30 heavy (non-hydrogen) atoms. The Labute approximate surface area is 208 Å². The molecule has 1 atom stereocenters. The van der Waals surface area contributed by atoms with Gasteiger partial charge in [0.05, 0.1) is 11.7 Å². The minimum atomic E-state index is -0.261. The van der Waals surface area contributed by atoms with Crippen LogP contribution in [0.4, 0.5) is 0 Å². The van der Waals surface area contributed by atoms with E-state index in [1.54, 1.807) is 7.05 Å². The molecule has 3 aromatic rings. The molecule has 1 aromatic heterocycles. The molecule has 0 fully saturated rings. The fourth-order valence-electron chi connectivity index (χ4n) is 3.37. The molecule has 0 amide bonds. The van der Waals surface area contributed by atoms with Gasteiger partial charge in [0.1, 0.15) is 5.84 Å². The first-order valence-electron chi connectivity index (χ1n) is 9.28. The van der Waals surface area contributed by atoms with Crippen LogP contribution in [0.3, 0.4) is 0 Å². The van der Waals surface area contributed by atoms with Gasteiger partial charge in [-0.15, -0.1) is 0 Å². The molecule has 0 aliphatic carbocycles. The second kappa shape index (κ2) is 10.4. The monoisotopic (exact) mass is 643 g/mol. The molecule has 3 rings (SSSR count). The lowest BCUT2D eigenvalue weighted by Gasteiger charge is -2.19. The maximum Gasteiger partial charge on any atom is 0.187 e.